The average molecular weight is 278 g/mol. The van der Waals surface area contributed by atoms with Gasteiger partial charge in [-0.2, -0.15) is 4.31 Å². The van der Waals surface area contributed by atoms with Gasteiger partial charge in [-0.1, -0.05) is 23.7 Å². The molecule has 0 aliphatic carbocycles. The van der Waals surface area contributed by atoms with Crippen LogP contribution in [-0.2, 0) is 14.8 Å². The summed E-state index contributed by atoms with van der Waals surface area (Å²) in [6.07, 6.45) is 0. The first kappa shape index (κ1) is 14.0. The number of halogens is 1. The van der Waals surface area contributed by atoms with Gasteiger partial charge in [-0.15, -0.1) is 0 Å². The quantitative estimate of drug-likeness (QED) is 0.901. The summed E-state index contributed by atoms with van der Waals surface area (Å²) in [5.74, 6) is -1.22. The van der Waals surface area contributed by atoms with Gasteiger partial charge in [-0.3, -0.25) is 4.79 Å². The molecule has 0 heterocycles. The molecule has 7 heteroatoms. The van der Waals surface area contributed by atoms with Gasteiger partial charge in [0.2, 0.25) is 10.0 Å². The van der Waals surface area contributed by atoms with Crippen LogP contribution in [0.1, 0.15) is 5.56 Å². The highest BCUT2D eigenvalue weighted by molar-refractivity contribution is 7.89. The molecule has 0 aromatic heterocycles. The molecule has 1 rings (SSSR count). The Hall–Kier alpha value is -1.11. The number of benzene rings is 1. The SMILES string of the molecule is Cc1cccc(Cl)c1S(=O)(=O)N(C)CC(=O)O. The van der Waals surface area contributed by atoms with E-state index in [1.54, 1.807) is 19.1 Å². The Balaban J connectivity index is 3.27. The van der Waals surface area contributed by atoms with Crippen molar-refractivity contribution in [2.75, 3.05) is 13.6 Å². The summed E-state index contributed by atoms with van der Waals surface area (Å²) in [5.41, 5.74) is 0.481. The van der Waals surface area contributed by atoms with E-state index in [-0.39, 0.29) is 9.92 Å². The summed E-state index contributed by atoms with van der Waals surface area (Å²) < 4.78 is 24.9. The van der Waals surface area contributed by atoms with Crippen LogP contribution in [0.5, 0.6) is 0 Å². The van der Waals surface area contributed by atoms with Crippen LogP contribution < -0.4 is 0 Å². The number of hydrogen-bond donors (Lipinski definition) is 1. The van der Waals surface area contributed by atoms with Crippen LogP contribution in [0.15, 0.2) is 23.1 Å². The molecule has 0 radical (unpaired) electrons. The number of carbonyl (C=O) groups is 1. The van der Waals surface area contributed by atoms with Crippen LogP contribution in [0.4, 0.5) is 0 Å². The molecule has 5 nitrogen and oxygen atoms in total. The van der Waals surface area contributed by atoms with Gasteiger partial charge in [-0.25, -0.2) is 8.42 Å². The number of aliphatic carboxylic acids is 1. The molecule has 0 aliphatic heterocycles. The fourth-order valence-corrected chi connectivity index (χ4v) is 3.27. The Kier molecular flexibility index (Phi) is 4.13. The van der Waals surface area contributed by atoms with Gasteiger partial charge in [-0.05, 0) is 18.6 Å². The average Bonchev–Trinajstić information content (AvgIpc) is 2.15. The minimum absolute atomic E-state index is 0.0505. The molecule has 0 spiro atoms. The third-order valence-electron chi connectivity index (χ3n) is 2.19. The monoisotopic (exact) mass is 277 g/mol. The lowest BCUT2D eigenvalue weighted by atomic mass is 10.2. The molecule has 0 fully saturated rings. The molecular formula is C10H12ClNO4S. The lowest BCUT2D eigenvalue weighted by Crippen LogP contribution is -2.32. The molecule has 0 aliphatic rings. The minimum Gasteiger partial charge on any atom is -0.480 e. The Morgan fingerprint density at radius 2 is 2.06 bits per heavy atom. The summed E-state index contributed by atoms with van der Waals surface area (Å²) in [4.78, 5) is 10.5. The van der Waals surface area contributed by atoms with Gasteiger partial charge in [0.05, 0.1) is 5.02 Å². The second kappa shape index (κ2) is 5.03. The molecule has 0 saturated carbocycles. The lowest BCUT2D eigenvalue weighted by molar-refractivity contribution is -0.137. The molecule has 0 bridgehead atoms. The molecule has 0 amide bonds. The molecule has 17 heavy (non-hydrogen) atoms. The van der Waals surface area contributed by atoms with Gasteiger partial charge in [0, 0.05) is 7.05 Å². The number of hydrogen-bond acceptors (Lipinski definition) is 3. The van der Waals surface area contributed by atoms with E-state index in [1.807, 2.05) is 0 Å². The number of carboxylic acid groups (broad SMARTS) is 1. The fourth-order valence-electron chi connectivity index (χ4n) is 1.37. The van der Waals surface area contributed by atoms with Gasteiger partial charge >= 0.3 is 5.97 Å². The number of rotatable bonds is 4. The van der Waals surface area contributed by atoms with Gasteiger partial charge in [0.15, 0.2) is 0 Å². The van der Waals surface area contributed by atoms with E-state index in [4.69, 9.17) is 16.7 Å². The predicted molar refractivity (Wildman–Crippen MR) is 63.6 cm³/mol. The van der Waals surface area contributed by atoms with Gasteiger partial charge in [0.25, 0.3) is 0 Å². The van der Waals surface area contributed by atoms with E-state index in [2.05, 4.69) is 0 Å². The predicted octanol–water partition coefficient (Wildman–Crippen LogP) is 1.35. The maximum Gasteiger partial charge on any atom is 0.318 e. The second-order valence-electron chi connectivity index (χ2n) is 3.54. The first-order valence-corrected chi connectivity index (χ1v) is 6.52. The molecule has 0 atom stereocenters. The standard InChI is InChI=1S/C10H12ClNO4S/c1-7-4-3-5-8(11)10(7)17(15,16)12(2)6-9(13)14/h3-5H,6H2,1-2H3,(H,13,14). The highest BCUT2D eigenvalue weighted by atomic mass is 35.5. The van der Waals surface area contributed by atoms with E-state index in [9.17, 15) is 13.2 Å². The number of likely N-dealkylation sites (N-methyl/N-ethyl adjacent to an activating group) is 1. The zero-order valence-electron chi connectivity index (χ0n) is 9.34. The topological polar surface area (TPSA) is 74.7 Å². The van der Waals surface area contributed by atoms with Crippen molar-refractivity contribution in [3.05, 3.63) is 28.8 Å². The largest absolute Gasteiger partial charge is 0.480 e. The third-order valence-corrected chi connectivity index (χ3v) is 4.62. The van der Waals surface area contributed by atoms with E-state index < -0.39 is 22.5 Å². The molecule has 1 aromatic carbocycles. The van der Waals surface area contributed by atoms with Crippen LogP contribution in [-0.4, -0.2) is 37.4 Å². The van der Waals surface area contributed by atoms with Crippen molar-refractivity contribution < 1.29 is 18.3 Å². The van der Waals surface area contributed by atoms with Crippen LogP contribution in [0.3, 0.4) is 0 Å². The first-order valence-electron chi connectivity index (χ1n) is 4.70. The summed E-state index contributed by atoms with van der Waals surface area (Å²) in [7, 11) is -2.67. The molecule has 0 unspecified atom stereocenters. The highest BCUT2D eigenvalue weighted by Gasteiger charge is 2.26. The van der Waals surface area contributed by atoms with Gasteiger partial charge in [0.1, 0.15) is 11.4 Å². The molecule has 1 N–H and O–H groups in total. The van der Waals surface area contributed by atoms with Crippen LogP contribution in [0, 0.1) is 6.92 Å². The van der Waals surface area contributed by atoms with Crippen molar-refractivity contribution in [3.63, 3.8) is 0 Å². The maximum absolute atomic E-state index is 12.1. The van der Waals surface area contributed by atoms with Crippen molar-refractivity contribution in [2.45, 2.75) is 11.8 Å². The minimum atomic E-state index is -3.87. The summed E-state index contributed by atoms with van der Waals surface area (Å²) in [6.45, 7) is 1.00. The summed E-state index contributed by atoms with van der Waals surface area (Å²) in [6, 6.07) is 4.69. The Bertz CT molecular complexity index is 521. The van der Waals surface area contributed by atoms with Crippen LogP contribution in [0.2, 0.25) is 5.02 Å². The van der Waals surface area contributed by atoms with E-state index in [0.29, 0.717) is 5.56 Å². The van der Waals surface area contributed by atoms with Crippen LogP contribution in [0.25, 0.3) is 0 Å². The van der Waals surface area contributed by atoms with Gasteiger partial charge < -0.3 is 5.11 Å². The first-order chi connectivity index (χ1) is 7.76. The Labute approximate surface area is 105 Å². The van der Waals surface area contributed by atoms with Crippen LogP contribution >= 0.6 is 11.6 Å². The fraction of sp³-hybridized carbons (Fsp3) is 0.300. The number of carboxylic acids is 1. The van der Waals surface area contributed by atoms with Crippen molar-refractivity contribution in [3.8, 4) is 0 Å². The molecule has 94 valence electrons. The maximum atomic E-state index is 12.1. The van der Waals surface area contributed by atoms with Crippen molar-refractivity contribution in [2.24, 2.45) is 0 Å². The molecular weight excluding hydrogens is 266 g/mol. The Morgan fingerprint density at radius 3 is 2.53 bits per heavy atom. The Morgan fingerprint density at radius 1 is 1.47 bits per heavy atom. The van der Waals surface area contributed by atoms with Crippen molar-refractivity contribution in [1.29, 1.82) is 0 Å². The lowest BCUT2D eigenvalue weighted by Gasteiger charge is -2.17. The molecule has 0 saturated heterocycles. The van der Waals surface area contributed by atoms with Crippen molar-refractivity contribution >= 4 is 27.6 Å². The highest BCUT2D eigenvalue weighted by Crippen LogP contribution is 2.26. The number of sulfonamides is 1. The zero-order chi connectivity index (χ0) is 13.2. The summed E-state index contributed by atoms with van der Waals surface area (Å²) >= 11 is 5.84. The van der Waals surface area contributed by atoms with E-state index >= 15 is 0 Å². The third kappa shape index (κ3) is 2.96. The van der Waals surface area contributed by atoms with E-state index in [0.717, 1.165) is 4.31 Å². The van der Waals surface area contributed by atoms with E-state index in [1.165, 1.54) is 13.1 Å². The summed E-state index contributed by atoms with van der Waals surface area (Å²) in [5, 5.41) is 8.68. The van der Waals surface area contributed by atoms with Crippen molar-refractivity contribution in [1.82, 2.24) is 4.31 Å². The zero-order valence-corrected chi connectivity index (χ0v) is 10.9. The smallest absolute Gasteiger partial charge is 0.318 e. The second-order valence-corrected chi connectivity index (χ2v) is 5.93. The molecule has 1 aromatic rings. The normalized spacial score (nSPS) is 11.8. The number of nitrogens with zero attached hydrogens (tertiary/aromatic N) is 1. The number of aryl methyl sites for hydroxylation is 1.